The maximum absolute atomic E-state index is 12.4. The molecule has 1 heterocycles. The normalized spacial score (nSPS) is 10.6. The first-order chi connectivity index (χ1) is 7.99. The summed E-state index contributed by atoms with van der Waals surface area (Å²) in [6, 6.07) is 7.80. The highest BCUT2D eigenvalue weighted by atomic mass is 79.9. The fourth-order valence-electron chi connectivity index (χ4n) is 1.62. The zero-order chi connectivity index (χ0) is 12.6. The Morgan fingerprint density at radius 2 is 1.82 bits per heavy atom. The van der Waals surface area contributed by atoms with Gasteiger partial charge >= 0.3 is 0 Å². The van der Waals surface area contributed by atoms with Gasteiger partial charge in [0, 0.05) is 11.1 Å². The van der Waals surface area contributed by atoms with Crippen molar-refractivity contribution in [2.45, 2.75) is 13.8 Å². The van der Waals surface area contributed by atoms with E-state index in [1.54, 1.807) is 0 Å². The third-order valence-corrected chi connectivity index (χ3v) is 4.88. The summed E-state index contributed by atoms with van der Waals surface area (Å²) >= 11 is 8.33. The molecular weight excluding hydrogens is 364 g/mol. The number of carbonyl (C=O) groups is 1. The molecule has 0 saturated heterocycles. The Morgan fingerprint density at radius 3 is 2.41 bits per heavy atom. The van der Waals surface area contributed by atoms with Crippen LogP contribution in [0.5, 0.6) is 0 Å². The van der Waals surface area contributed by atoms with Crippen LogP contribution in [-0.4, -0.2) is 5.78 Å². The van der Waals surface area contributed by atoms with Gasteiger partial charge in [0.2, 0.25) is 0 Å². The van der Waals surface area contributed by atoms with Gasteiger partial charge in [0.1, 0.15) is 0 Å². The topological polar surface area (TPSA) is 17.1 Å². The van der Waals surface area contributed by atoms with Crippen LogP contribution < -0.4 is 0 Å². The van der Waals surface area contributed by atoms with Crippen molar-refractivity contribution in [1.29, 1.82) is 0 Å². The lowest BCUT2D eigenvalue weighted by Gasteiger charge is -2.05. The molecule has 0 radical (unpaired) electrons. The number of hydrogen-bond donors (Lipinski definition) is 0. The lowest BCUT2D eigenvalue weighted by atomic mass is 9.99. The lowest BCUT2D eigenvalue weighted by Crippen LogP contribution is -2.03. The van der Waals surface area contributed by atoms with Crippen LogP contribution in [-0.2, 0) is 0 Å². The Bertz CT molecular complexity index is 587. The van der Waals surface area contributed by atoms with E-state index in [1.165, 1.54) is 11.3 Å². The summed E-state index contributed by atoms with van der Waals surface area (Å²) in [6.45, 7) is 3.96. The van der Waals surface area contributed by atoms with E-state index in [1.807, 2.05) is 38.1 Å². The van der Waals surface area contributed by atoms with Crippen LogP contribution in [0, 0.1) is 13.8 Å². The minimum absolute atomic E-state index is 0.0695. The average Bonchev–Trinajstić information content (AvgIpc) is 2.60. The van der Waals surface area contributed by atoms with Crippen molar-refractivity contribution in [2.24, 2.45) is 0 Å². The van der Waals surface area contributed by atoms with Crippen molar-refractivity contribution in [2.75, 3.05) is 0 Å². The molecule has 0 aliphatic rings. The average molecular weight is 374 g/mol. The Morgan fingerprint density at radius 1 is 1.12 bits per heavy atom. The van der Waals surface area contributed by atoms with Crippen LogP contribution in [0.2, 0.25) is 0 Å². The van der Waals surface area contributed by atoms with Crippen LogP contribution >= 0.6 is 43.2 Å². The molecule has 88 valence electrons. The summed E-state index contributed by atoms with van der Waals surface area (Å²) in [7, 11) is 0. The molecule has 0 aliphatic carbocycles. The quantitative estimate of drug-likeness (QED) is 0.667. The summed E-state index contributed by atoms with van der Waals surface area (Å²) in [5.74, 6) is 0.0695. The molecule has 1 nitrogen and oxygen atoms in total. The fraction of sp³-hybridized carbons (Fsp3) is 0.154. The second-order valence-electron chi connectivity index (χ2n) is 3.89. The van der Waals surface area contributed by atoms with Crippen LogP contribution in [0.4, 0.5) is 0 Å². The Hall–Kier alpha value is -0.450. The standard InChI is InChI=1S/C13H10Br2OS/c1-7-3-4-8(2)9(5-7)12(16)10-6-11(14)17-13(10)15/h3-6H,1-2H3. The van der Waals surface area contributed by atoms with E-state index < -0.39 is 0 Å². The fourth-order valence-corrected chi connectivity index (χ4v) is 4.41. The minimum atomic E-state index is 0.0695. The molecule has 0 aliphatic heterocycles. The van der Waals surface area contributed by atoms with E-state index in [2.05, 4.69) is 31.9 Å². The van der Waals surface area contributed by atoms with Crippen molar-refractivity contribution in [3.63, 3.8) is 0 Å². The third-order valence-electron chi connectivity index (χ3n) is 2.54. The summed E-state index contributed by atoms with van der Waals surface area (Å²) in [4.78, 5) is 12.4. The summed E-state index contributed by atoms with van der Waals surface area (Å²) in [5, 5.41) is 0. The van der Waals surface area contributed by atoms with Gasteiger partial charge in [-0.1, -0.05) is 17.7 Å². The molecule has 17 heavy (non-hydrogen) atoms. The molecule has 0 amide bonds. The predicted octanol–water partition coefficient (Wildman–Crippen LogP) is 5.12. The Labute approximate surface area is 121 Å². The van der Waals surface area contributed by atoms with Gasteiger partial charge < -0.3 is 0 Å². The van der Waals surface area contributed by atoms with Gasteiger partial charge in [0.05, 0.1) is 7.57 Å². The maximum atomic E-state index is 12.4. The molecule has 2 aromatic rings. The Balaban J connectivity index is 2.50. The Kier molecular flexibility index (Phi) is 3.85. The van der Waals surface area contributed by atoms with E-state index in [9.17, 15) is 4.79 Å². The smallest absolute Gasteiger partial charge is 0.195 e. The van der Waals surface area contributed by atoms with Gasteiger partial charge in [-0.3, -0.25) is 4.79 Å². The zero-order valence-corrected chi connectivity index (χ0v) is 13.4. The molecule has 0 unspecified atom stereocenters. The van der Waals surface area contributed by atoms with E-state index in [0.29, 0.717) is 0 Å². The maximum Gasteiger partial charge on any atom is 0.195 e. The molecule has 1 aromatic heterocycles. The van der Waals surface area contributed by atoms with Gasteiger partial charge in [-0.2, -0.15) is 0 Å². The lowest BCUT2D eigenvalue weighted by molar-refractivity contribution is 0.103. The molecule has 1 aromatic carbocycles. The van der Waals surface area contributed by atoms with Crippen LogP contribution in [0.25, 0.3) is 0 Å². The number of aryl methyl sites for hydroxylation is 2. The molecule has 2 rings (SSSR count). The number of rotatable bonds is 2. The first kappa shape index (κ1) is 13.0. The first-order valence-corrected chi connectivity index (χ1v) is 7.46. The van der Waals surface area contributed by atoms with E-state index in [-0.39, 0.29) is 5.78 Å². The third kappa shape index (κ3) is 2.69. The first-order valence-electron chi connectivity index (χ1n) is 5.06. The highest BCUT2D eigenvalue weighted by Crippen LogP contribution is 2.33. The second kappa shape index (κ2) is 5.04. The van der Waals surface area contributed by atoms with Crippen molar-refractivity contribution in [1.82, 2.24) is 0 Å². The molecule has 0 atom stereocenters. The largest absolute Gasteiger partial charge is 0.289 e. The number of halogens is 2. The molecule has 4 heteroatoms. The van der Waals surface area contributed by atoms with Gasteiger partial charge in [0.25, 0.3) is 0 Å². The number of carbonyl (C=O) groups excluding carboxylic acids is 1. The number of hydrogen-bond acceptors (Lipinski definition) is 2. The van der Waals surface area contributed by atoms with E-state index in [0.717, 1.165) is 29.8 Å². The van der Waals surface area contributed by atoms with Crippen LogP contribution in [0.3, 0.4) is 0 Å². The summed E-state index contributed by atoms with van der Waals surface area (Å²) in [5.41, 5.74) is 3.60. The molecule has 0 saturated carbocycles. The number of thiophene rings is 1. The highest BCUT2D eigenvalue weighted by molar-refractivity contribution is 9.12. The van der Waals surface area contributed by atoms with Crippen LogP contribution in [0.1, 0.15) is 27.0 Å². The SMILES string of the molecule is Cc1ccc(C)c(C(=O)c2cc(Br)sc2Br)c1. The van der Waals surface area contributed by atoms with E-state index >= 15 is 0 Å². The molecule has 0 fully saturated rings. The van der Waals surface area contributed by atoms with Gasteiger partial charge in [-0.05, 0) is 63.4 Å². The van der Waals surface area contributed by atoms with Crippen molar-refractivity contribution < 1.29 is 4.79 Å². The number of benzene rings is 1. The van der Waals surface area contributed by atoms with Gasteiger partial charge in [-0.15, -0.1) is 11.3 Å². The summed E-state index contributed by atoms with van der Waals surface area (Å²) < 4.78 is 1.83. The minimum Gasteiger partial charge on any atom is -0.289 e. The van der Waals surface area contributed by atoms with Crippen molar-refractivity contribution in [3.05, 3.63) is 54.1 Å². The monoisotopic (exact) mass is 372 g/mol. The zero-order valence-electron chi connectivity index (χ0n) is 9.38. The molecule has 0 bridgehead atoms. The molecule has 0 spiro atoms. The highest BCUT2D eigenvalue weighted by Gasteiger charge is 2.17. The van der Waals surface area contributed by atoms with E-state index in [4.69, 9.17) is 0 Å². The summed E-state index contributed by atoms with van der Waals surface area (Å²) in [6.07, 6.45) is 0. The number of ketones is 1. The molecular formula is C13H10Br2OS. The van der Waals surface area contributed by atoms with Gasteiger partial charge in [-0.25, -0.2) is 0 Å². The van der Waals surface area contributed by atoms with Crippen LogP contribution in [0.15, 0.2) is 31.8 Å². The van der Waals surface area contributed by atoms with Gasteiger partial charge in [0.15, 0.2) is 5.78 Å². The van der Waals surface area contributed by atoms with Crippen molar-refractivity contribution >= 4 is 49.0 Å². The molecule has 0 N–H and O–H groups in total. The predicted molar refractivity (Wildman–Crippen MR) is 79.1 cm³/mol. The second-order valence-corrected chi connectivity index (χ2v) is 7.63. The van der Waals surface area contributed by atoms with Crippen molar-refractivity contribution in [3.8, 4) is 0 Å².